The van der Waals surface area contributed by atoms with Gasteiger partial charge in [0.1, 0.15) is 5.15 Å². The van der Waals surface area contributed by atoms with Crippen LogP contribution in [0, 0.1) is 6.92 Å². The number of hydrogen-bond donors (Lipinski definition) is 3. The van der Waals surface area contributed by atoms with E-state index in [0.29, 0.717) is 22.5 Å². The first-order valence-electron chi connectivity index (χ1n) is 12.5. The van der Waals surface area contributed by atoms with E-state index in [1.54, 1.807) is 13.0 Å². The van der Waals surface area contributed by atoms with Crippen LogP contribution in [0.25, 0.3) is 10.2 Å². The highest BCUT2D eigenvalue weighted by Crippen LogP contribution is 2.42. The third-order valence-electron chi connectivity index (χ3n) is 4.62. The molecule has 0 unspecified atom stereocenters. The molecule has 1 aliphatic rings. The Kier molecular flexibility index (Phi) is 5.69. The number of benzene rings is 1. The molecule has 1 aromatic carbocycles. The summed E-state index contributed by atoms with van der Waals surface area (Å²) < 4.78 is 82.1. The van der Waals surface area contributed by atoms with Crippen molar-refractivity contribution >= 4 is 44.8 Å². The van der Waals surface area contributed by atoms with Gasteiger partial charge < -0.3 is 16.2 Å². The van der Waals surface area contributed by atoms with Crippen molar-refractivity contribution in [2.45, 2.75) is 44.4 Å². The number of thiophene rings is 1. The molecule has 0 fully saturated rings. The van der Waals surface area contributed by atoms with Gasteiger partial charge in [0.15, 0.2) is 0 Å². The minimum atomic E-state index is -5.08. The van der Waals surface area contributed by atoms with Crippen LogP contribution in [0.3, 0.4) is 0 Å². The molecule has 2 aromatic heterocycles. The predicted molar refractivity (Wildman–Crippen MR) is 126 cm³/mol. The topological polar surface area (TPSA) is 88.2 Å². The number of fused-ring (bicyclic) bond motifs is 1. The first-order valence-corrected chi connectivity index (χ1v) is 10.7. The first kappa shape index (κ1) is 17.8. The summed E-state index contributed by atoms with van der Waals surface area (Å²) in [6, 6.07) is 8.82. The van der Waals surface area contributed by atoms with E-state index in [0.717, 1.165) is 16.0 Å². The van der Waals surface area contributed by atoms with Gasteiger partial charge in [-0.3, -0.25) is 0 Å². The number of nitrogens with two attached hydrogens (primary N) is 1. The number of nitrogens with one attached hydrogen (secondary N) is 1. The normalized spacial score (nSPS) is 24.3. The van der Waals surface area contributed by atoms with Crippen LogP contribution in [0.2, 0.25) is 5.15 Å². The van der Waals surface area contributed by atoms with Gasteiger partial charge in [0.2, 0.25) is 0 Å². The largest absolute Gasteiger partial charge is 0.490 e. The fourth-order valence-electron chi connectivity index (χ4n) is 3.02. The van der Waals surface area contributed by atoms with Crippen LogP contribution in [-0.4, -0.2) is 28.3 Å². The summed E-state index contributed by atoms with van der Waals surface area (Å²) in [5, 5.41) is 10.8. The molecular formula is C23H23ClF3N3O2S. The maximum Gasteiger partial charge on any atom is 0.490 e. The maximum atomic E-state index is 10.6. The van der Waals surface area contributed by atoms with E-state index < -0.39 is 49.0 Å². The maximum absolute atomic E-state index is 10.6. The van der Waals surface area contributed by atoms with Crippen molar-refractivity contribution in [1.82, 2.24) is 4.98 Å². The third-order valence-corrected chi connectivity index (χ3v) is 6.21. The Hall–Kier alpha value is -2.62. The van der Waals surface area contributed by atoms with Gasteiger partial charge in [0, 0.05) is 34.9 Å². The number of nitrogens with zero attached hydrogens (tertiary/aromatic N) is 1. The molecule has 2 heterocycles. The van der Waals surface area contributed by atoms with Gasteiger partial charge in [-0.15, -0.1) is 11.3 Å². The lowest BCUT2D eigenvalue weighted by Gasteiger charge is -2.24. The minimum absolute atomic E-state index is 0.279. The third kappa shape index (κ3) is 6.25. The molecular weight excluding hydrogens is 475 g/mol. The summed E-state index contributed by atoms with van der Waals surface area (Å²) in [4.78, 5) is 13.8. The molecule has 10 heteroatoms. The van der Waals surface area contributed by atoms with Crippen molar-refractivity contribution in [3.63, 3.8) is 0 Å². The summed E-state index contributed by atoms with van der Waals surface area (Å²) in [6.45, 7) is 2.33. The molecule has 33 heavy (non-hydrogen) atoms. The van der Waals surface area contributed by atoms with Crippen LogP contribution in [0.15, 0.2) is 48.5 Å². The summed E-state index contributed by atoms with van der Waals surface area (Å²) >= 11 is 7.55. The fourth-order valence-corrected chi connectivity index (χ4v) is 4.55. The molecule has 2 atom stereocenters. The van der Waals surface area contributed by atoms with Crippen molar-refractivity contribution in [1.29, 1.82) is 0 Å². The molecule has 176 valence electrons. The molecule has 0 saturated heterocycles. The number of halogens is 4. The van der Waals surface area contributed by atoms with E-state index >= 15 is 0 Å². The average molecular weight is 504 g/mol. The van der Waals surface area contributed by atoms with Crippen molar-refractivity contribution in [3.05, 3.63) is 69.7 Å². The molecule has 5 nitrogen and oxygen atoms in total. The van der Waals surface area contributed by atoms with Crippen LogP contribution in [0.5, 0.6) is 0 Å². The van der Waals surface area contributed by atoms with Crippen LogP contribution in [0.4, 0.5) is 18.9 Å². The zero-order valence-electron chi connectivity index (χ0n) is 23.1. The number of alkyl halides is 3. The van der Waals surface area contributed by atoms with Crippen molar-refractivity contribution in [2.24, 2.45) is 5.73 Å². The van der Waals surface area contributed by atoms with E-state index in [-0.39, 0.29) is 5.15 Å². The highest BCUT2D eigenvalue weighted by molar-refractivity contribution is 7.20. The van der Waals surface area contributed by atoms with E-state index in [9.17, 15) is 13.2 Å². The second kappa shape index (κ2) is 10.5. The van der Waals surface area contributed by atoms with Crippen molar-refractivity contribution < 1.29 is 31.3 Å². The SMILES string of the molecule is O=C(O)C(F)(F)F.[2H]C1=C([2H])C([2H])([2H])[C@H](c2sc3c(NCc4ccccc4)cc(Cl)nc3c2C)[C@@H](N)C1([2H])[2H]. The first-order chi connectivity index (χ1) is 17.9. The minimum Gasteiger partial charge on any atom is -0.475 e. The summed E-state index contributed by atoms with van der Waals surface area (Å²) in [6.07, 6.45) is -9.70. The summed E-state index contributed by atoms with van der Waals surface area (Å²) in [5.41, 5.74) is 9.25. The van der Waals surface area contributed by atoms with Gasteiger partial charge in [-0.1, -0.05) is 54.0 Å². The Morgan fingerprint density at radius 1 is 1.36 bits per heavy atom. The molecule has 0 spiro atoms. The number of hydrogen-bond acceptors (Lipinski definition) is 5. The van der Waals surface area contributed by atoms with Gasteiger partial charge in [-0.2, -0.15) is 13.2 Å². The van der Waals surface area contributed by atoms with E-state index in [1.807, 2.05) is 30.3 Å². The second-order valence-electron chi connectivity index (χ2n) is 6.95. The number of aromatic nitrogens is 1. The van der Waals surface area contributed by atoms with E-state index in [1.165, 1.54) is 11.3 Å². The van der Waals surface area contributed by atoms with Crippen LogP contribution in [0.1, 0.15) is 42.9 Å². The quantitative estimate of drug-likeness (QED) is 0.288. The number of anilines is 1. The molecule has 0 aliphatic heterocycles. The lowest BCUT2D eigenvalue weighted by atomic mass is 9.87. The number of carbonyl (C=O) groups is 1. The number of rotatable bonds is 4. The summed E-state index contributed by atoms with van der Waals surface area (Å²) in [7, 11) is 0. The highest BCUT2D eigenvalue weighted by Gasteiger charge is 2.38. The number of aliphatic carboxylic acids is 1. The van der Waals surface area contributed by atoms with Crippen LogP contribution < -0.4 is 11.1 Å². The molecule has 0 bridgehead atoms. The molecule has 4 rings (SSSR count). The number of aryl methyl sites for hydroxylation is 1. The molecule has 1 aliphatic carbocycles. The number of pyridine rings is 1. The molecule has 4 N–H and O–H groups in total. The average Bonchev–Trinajstić information content (AvgIpc) is 3.17. The fraction of sp³-hybridized carbons (Fsp3) is 0.304. The second-order valence-corrected chi connectivity index (χ2v) is 8.39. The van der Waals surface area contributed by atoms with Gasteiger partial charge in [-0.05, 0) is 30.8 Å². The molecule has 0 radical (unpaired) electrons. The standard InChI is InChI=1S/C21H22ClN3S.C2HF3O2/c1-13-19-21(26-20(13)15-9-5-6-10-16(15)23)17(11-18(22)25-19)24-12-14-7-3-2-4-8-14;3-2(4,5)1(6)7/h2-8,11,15-16H,9-10,12,23H2,1H3,(H,24,25);(H,6,7)/t15-,16-;/m0./s1/i5D,6D,9D2,10D2;. The zero-order valence-corrected chi connectivity index (χ0v) is 18.7. The lowest BCUT2D eigenvalue weighted by Crippen LogP contribution is -2.29. The Labute approximate surface area is 206 Å². The van der Waals surface area contributed by atoms with Gasteiger partial charge >= 0.3 is 12.1 Å². The highest BCUT2D eigenvalue weighted by atomic mass is 35.5. The summed E-state index contributed by atoms with van der Waals surface area (Å²) in [5.74, 6) is -3.90. The van der Waals surface area contributed by atoms with Gasteiger partial charge in [0.25, 0.3) is 0 Å². The number of carboxylic acid groups (broad SMARTS) is 1. The van der Waals surface area contributed by atoms with Crippen LogP contribution in [-0.2, 0) is 11.3 Å². The number of carboxylic acids is 1. The molecule has 0 amide bonds. The Balaban J connectivity index is 0.000000532. The Morgan fingerprint density at radius 3 is 2.64 bits per heavy atom. The van der Waals surface area contributed by atoms with Crippen molar-refractivity contribution in [2.75, 3.05) is 5.32 Å². The lowest BCUT2D eigenvalue weighted by molar-refractivity contribution is -0.192. The number of allylic oxidation sites excluding steroid dienone is 1. The smallest absolute Gasteiger partial charge is 0.475 e. The molecule has 0 saturated carbocycles. The Morgan fingerprint density at radius 2 is 2.00 bits per heavy atom. The van der Waals surface area contributed by atoms with E-state index in [4.69, 9.17) is 35.5 Å². The molecule has 3 aromatic rings. The Bertz CT molecular complexity index is 1420. The zero-order chi connectivity index (χ0) is 29.5. The van der Waals surface area contributed by atoms with Crippen LogP contribution >= 0.6 is 22.9 Å². The van der Waals surface area contributed by atoms with Gasteiger partial charge in [0.05, 0.1) is 18.6 Å². The van der Waals surface area contributed by atoms with Gasteiger partial charge in [-0.25, -0.2) is 9.78 Å². The van der Waals surface area contributed by atoms with Crippen molar-refractivity contribution in [3.8, 4) is 0 Å². The predicted octanol–water partition coefficient (Wildman–Crippen LogP) is 6.26. The van der Waals surface area contributed by atoms with E-state index in [2.05, 4.69) is 10.3 Å². The monoisotopic (exact) mass is 503 g/mol.